The van der Waals surface area contributed by atoms with Gasteiger partial charge >= 0.3 is 0 Å². The summed E-state index contributed by atoms with van der Waals surface area (Å²) >= 11 is 6.04. The lowest BCUT2D eigenvalue weighted by Crippen LogP contribution is -2.14. The maximum absolute atomic E-state index is 9.22. The molecule has 1 atom stereocenters. The zero-order chi connectivity index (χ0) is 15.0. The Balaban J connectivity index is 2.27. The number of aryl methyl sites for hydroxylation is 1. The average molecular weight is 301 g/mol. The summed E-state index contributed by atoms with van der Waals surface area (Å²) in [5.41, 5.74) is 2.09. The third-order valence-electron chi connectivity index (χ3n) is 3.54. The van der Waals surface area contributed by atoms with Gasteiger partial charge in [-0.2, -0.15) is 5.26 Å². The Labute approximate surface area is 126 Å². The van der Waals surface area contributed by atoms with Gasteiger partial charge in [0.1, 0.15) is 23.7 Å². The Morgan fingerprint density at radius 1 is 1.43 bits per heavy atom. The van der Waals surface area contributed by atoms with Gasteiger partial charge in [0.15, 0.2) is 5.82 Å². The first-order chi connectivity index (χ1) is 10.2. The van der Waals surface area contributed by atoms with Gasteiger partial charge in [-0.25, -0.2) is 4.98 Å². The lowest BCUT2D eigenvalue weighted by atomic mass is 10.2. The fraction of sp³-hybridized carbons (Fsp3) is 0.286. The van der Waals surface area contributed by atoms with Crippen LogP contribution >= 0.6 is 11.6 Å². The van der Waals surface area contributed by atoms with Crippen molar-refractivity contribution in [1.82, 2.24) is 24.3 Å². The topological polar surface area (TPSA) is 72.3 Å². The Hall–Kier alpha value is -2.39. The van der Waals surface area contributed by atoms with Gasteiger partial charge in [-0.05, 0) is 19.1 Å². The molecular formula is C14H13ClN6. The van der Waals surface area contributed by atoms with Crippen molar-refractivity contribution in [2.24, 2.45) is 7.05 Å². The third-order valence-corrected chi connectivity index (χ3v) is 3.78. The van der Waals surface area contributed by atoms with Crippen molar-refractivity contribution < 1.29 is 0 Å². The minimum absolute atomic E-state index is 0.0785. The van der Waals surface area contributed by atoms with Crippen LogP contribution in [0.4, 0.5) is 0 Å². The Morgan fingerprint density at radius 2 is 2.24 bits per heavy atom. The number of alkyl halides is 1. The highest BCUT2D eigenvalue weighted by Crippen LogP contribution is 2.27. The lowest BCUT2D eigenvalue weighted by molar-refractivity contribution is 0.572. The summed E-state index contributed by atoms with van der Waals surface area (Å²) < 4.78 is 3.87. The van der Waals surface area contributed by atoms with Gasteiger partial charge in [0.25, 0.3) is 0 Å². The van der Waals surface area contributed by atoms with Crippen molar-refractivity contribution in [1.29, 1.82) is 5.26 Å². The second kappa shape index (κ2) is 5.19. The Morgan fingerprint density at radius 3 is 2.86 bits per heavy atom. The first kappa shape index (κ1) is 13.6. The van der Waals surface area contributed by atoms with E-state index in [9.17, 15) is 5.26 Å². The first-order valence-corrected chi connectivity index (χ1v) is 7.00. The molecule has 0 aliphatic heterocycles. The van der Waals surface area contributed by atoms with E-state index >= 15 is 0 Å². The van der Waals surface area contributed by atoms with Crippen molar-refractivity contribution in [3.05, 3.63) is 41.7 Å². The predicted molar refractivity (Wildman–Crippen MR) is 78.8 cm³/mol. The van der Waals surface area contributed by atoms with Crippen molar-refractivity contribution in [2.75, 3.05) is 0 Å². The van der Waals surface area contributed by atoms with E-state index in [0.29, 0.717) is 16.9 Å². The standard InChI is InChI=1S/C14H13ClN6/c1-9(14-19-17-8-20(14)2)21-11-5-3-4-10(7-16)13(11)18-12(21)6-15/h3-5,8-9H,6H2,1-2H3. The molecule has 0 amide bonds. The van der Waals surface area contributed by atoms with E-state index in [-0.39, 0.29) is 11.9 Å². The van der Waals surface area contributed by atoms with Gasteiger partial charge in [-0.1, -0.05) is 6.07 Å². The van der Waals surface area contributed by atoms with Crippen LogP contribution in [0.2, 0.25) is 0 Å². The molecule has 1 unspecified atom stereocenters. The Bertz CT molecular complexity index is 841. The van der Waals surface area contributed by atoms with E-state index in [0.717, 1.165) is 11.3 Å². The fourth-order valence-corrected chi connectivity index (χ4v) is 2.76. The third kappa shape index (κ3) is 2.06. The minimum atomic E-state index is -0.0785. The second-order valence-corrected chi connectivity index (χ2v) is 5.06. The van der Waals surface area contributed by atoms with Gasteiger partial charge in [0.2, 0.25) is 0 Å². The summed E-state index contributed by atoms with van der Waals surface area (Å²) in [7, 11) is 1.89. The molecule has 3 aromatic rings. The van der Waals surface area contributed by atoms with Crippen LogP contribution in [0, 0.1) is 11.3 Å². The van der Waals surface area contributed by atoms with E-state index < -0.39 is 0 Å². The largest absolute Gasteiger partial charge is 0.319 e. The number of benzene rings is 1. The van der Waals surface area contributed by atoms with Crippen LogP contribution < -0.4 is 0 Å². The molecule has 0 radical (unpaired) electrons. The number of hydrogen-bond donors (Lipinski definition) is 0. The molecule has 2 aromatic heterocycles. The summed E-state index contributed by atoms with van der Waals surface area (Å²) in [4.78, 5) is 4.51. The number of imidazole rings is 1. The second-order valence-electron chi connectivity index (χ2n) is 4.79. The summed E-state index contributed by atoms with van der Waals surface area (Å²) in [5.74, 6) is 1.79. The van der Waals surface area contributed by atoms with E-state index in [1.807, 2.05) is 35.2 Å². The fourth-order valence-electron chi connectivity index (χ4n) is 2.57. The van der Waals surface area contributed by atoms with Crippen LogP contribution in [0.25, 0.3) is 11.0 Å². The summed E-state index contributed by atoms with van der Waals surface area (Å²) in [5, 5.41) is 17.3. The lowest BCUT2D eigenvalue weighted by Gasteiger charge is -2.16. The van der Waals surface area contributed by atoms with Crippen molar-refractivity contribution in [2.45, 2.75) is 18.8 Å². The smallest absolute Gasteiger partial charge is 0.155 e. The molecule has 3 rings (SSSR count). The molecule has 0 saturated heterocycles. The van der Waals surface area contributed by atoms with Crippen molar-refractivity contribution in [3.63, 3.8) is 0 Å². The molecule has 7 heteroatoms. The predicted octanol–water partition coefficient (Wildman–Crippen LogP) is 2.38. The zero-order valence-electron chi connectivity index (χ0n) is 11.7. The van der Waals surface area contributed by atoms with E-state index in [2.05, 4.69) is 21.3 Å². The number of fused-ring (bicyclic) bond motifs is 1. The van der Waals surface area contributed by atoms with Gasteiger partial charge in [0.05, 0.1) is 23.0 Å². The number of nitrogens with zero attached hydrogens (tertiary/aromatic N) is 6. The number of rotatable bonds is 3. The van der Waals surface area contributed by atoms with E-state index in [1.165, 1.54) is 0 Å². The summed E-state index contributed by atoms with van der Waals surface area (Å²) in [6.07, 6.45) is 1.66. The van der Waals surface area contributed by atoms with Gasteiger partial charge in [-0.3, -0.25) is 0 Å². The molecule has 2 heterocycles. The normalized spacial score (nSPS) is 12.5. The highest BCUT2D eigenvalue weighted by atomic mass is 35.5. The van der Waals surface area contributed by atoms with E-state index in [1.54, 1.807) is 12.4 Å². The molecule has 0 aliphatic carbocycles. The number of nitriles is 1. The van der Waals surface area contributed by atoms with Crippen molar-refractivity contribution in [3.8, 4) is 6.07 Å². The van der Waals surface area contributed by atoms with Gasteiger partial charge < -0.3 is 9.13 Å². The molecule has 6 nitrogen and oxygen atoms in total. The van der Waals surface area contributed by atoms with Crippen LogP contribution in [-0.2, 0) is 12.9 Å². The maximum Gasteiger partial charge on any atom is 0.155 e. The minimum Gasteiger partial charge on any atom is -0.319 e. The maximum atomic E-state index is 9.22. The van der Waals surface area contributed by atoms with Crippen molar-refractivity contribution >= 4 is 22.6 Å². The molecule has 0 saturated carbocycles. The average Bonchev–Trinajstić information content (AvgIpc) is 3.09. The molecule has 106 valence electrons. The van der Waals surface area contributed by atoms with Gasteiger partial charge in [-0.15, -0.1) is 21.8 Å². The number of para-hydroxylation sites is 1. The molecule has 21 heavy (non-hydrogen) atoms. The summed E-state index contributed by atoms with van der Waals surface area (Å²) in [6, 6.07) is 7.63. The summed E-state index contributed by atoms with van der Waals surface area (Å²) in [6.45, 7) is 2.01. The Kier molecular flexibility index (Phi) is 3.35. The zero-order valence-corrected chi connectivity index (χ0v) is 12.4. The number of aromatic nitrogens is 5. The molecule has 0 bridgehead atoms. The monoisotopic (exact) mass is 300 g/mol. The molecule has 0 aliphatic rings. The van der Waals surface area contributed by atoms with Gasteiger partial charge in [0, 0.05) is 7.05 Å². The van der Waals surface area contributed by atoms with Crippen LogP contribution in [-0.4, -0.2) is 24.3 Å². The van der Waals surface area contributed by atoms with Crippen LogP contribution in [0.1, 0.15) is 30.2 Å². The number of hydrogen-bond acceptors (Lipinski definition) is 4. The first-order valence-electron chi connectivity index (χ1n) is 6.47. The van der Waals surface area contributed by atoms with E-state index in [4.69, 9.17) is 11.6 Å². The van der Waals surface area contributed by atoms with Crippen LogP contribution in [0.5, 0.6) is 0 Å². The SMILES string of the molecule is CC(c1nncn1C)n1c(CCl)nc2c(C#N)cccc21. The molecule has 0 spiro atoms. The molecular weight excluding hydrogens is 288 g/mol. The molecule has 0 fully saturated rings. The molecule has 0 N–H and O–H groups in total. The quantitative estimate of drug-likeness (QED) is 0.696. The van der Waals surface area contributed by atoms with Crippen LogP contribution in [0.15, 0.2) is 24.5 Å². The molecule has 1 aromatic carbocycles. The number of halogens is 1. The highest BCUT2D eigenvalue weighted by molar-refractivity contribution is 6.16. The van der Waals surface area contributed by atoms with Crippen LogP contribution in [0.3, 0.4) is 0 Å². The highest BCUT2D eigenvalue weighted by Gasteiger charge is 2.21.